The number of carboxylic acids is 1. The molecule has 34 heavy (non-hydrogen) atoms. The second kappa shape index (κ2) is 11.0. The molecule has 10 heteroatoms. The Labute approximate surface area is 200 Å². The summed E-state index contributed by atoms with van der Waals surface area (Å²) in [6, 6.07) is 5.25. The molecule has 1 heterocycles. The zero-order valence-electron chi connectivity index (χ0n) is 20.4. The Morgan fingerprint density at radius 2 is 1.68 bits per heavy atom. The predicted molar refractivity (Wildman–Crippen MR) is 132 cm³/mol. The first-order valence-electron chi connectivity index (χ1n) is 11.4. The number of benzene rings is 1. The number of hydrogen-bond acceptors (Lipinski definition) is 6. The van der Waals surface area contributed by atoms with E-state index in [1.165, 1.54) is 0 Å². The van der Waals surface area contributed by atoms with Gasteiger partial charge in [-0.2, -0.15) is 0 Å². The Bertz CT molecular complexity index is 1010. The minimum Gasteiger partial charge on any atom is -0.480 e. The summed E-state index contributed by atoms with van der Waals surface area (Å²) >= 11 is 0. The molecule has 0 aliphatic heterocycles. The maximum atomic E-state index is 13.3. The summed E-state index contributed by atoms with van der Waals surface area (Å²) in [6.45, 7) is 7.18. The highest BCUT2D eigenvalue weighted by Crippen LogP contribution is 2.36. The fraction of sp³-hybridized carbons (Fsp3) is 0.542. The molecule has 10 N–H and O–H groups in total. The van der Waals surface area contributed by atoms with Gasteiger partial charge in [0.05, 0.1) is 6.04 Å². The first-order chi connectivity index (χ1) is 15.8. The van der Waals surface area contributed by atoms with E-state index in [1.54, 1.807) is 27.7 Å². The molecule has 1 aromatic carbocycles. The van der Waals surface area contributed by atoms with Crippen molar-refractivity contribution in [2.75, 3.05) is 13.1 Å². The van der Waals surface area contributed by atoms with Crippen molar-refractivity contribution in [3.63, 3.8) is 0 Å². The van der Waals surface area contributed by atoms with Crippen molar-refractivity contribution in [1.29, 1.82) is 0 Å². The van der Waals surface area contributed by atoms with Crippen molar-refractivity contribution in [2.24, 2.45) is 28.0 Å². The molecule has 10 nitrogen and oxygen atoms in total. The van der Waals surface area contributed by atoms with E-state index in [0.29, 0.717) is 0 Å². The fourth-order valence-electron chi connectivity index (χ4n) is 4.26. The molecule has 2 unspecified atom stereocenters. The number of para-hydroxylation sites is 1. The minimum atomic E-state index is -1.14. The first kappa shape index (κ1) is 27.3. The van der Waals surface area contributed by atoms with Crippen molar-refractivity contribution in [1.82, 2.24) is 15.6 Å². The molecule has 1 aromatic heterocycles. The number of aromatic nitrogens is 1. The molecule has 2 amide bonds. The molecular weight excluding hydrogens is 436 g/mol. The second-order valence-electron chi connectivity index (χ2n) is 10.1. The third kappa shape index (κ3) is 6.55. The lowest BCUT2D eigenvalue weighted by Gasteiger charge is -2.37. The van der Waals surface area contributed by atoms with Gasteiger partial charge in [0.15, 0.2) is 0 Å². The van der Waals surface area contributed by atoms with Crippen molar-refractivity contribution < 1.29 is 19.5 Å². The van der Waals surface area contributed by atoms with Crippen LogP contribution in [-0.2, 0) is 20.8 Å². The number of aliphatic carboxylic acids is 1. The zero-order valence-corrected chi connectivity index (χ0v) is 20.4. The molecule has 2 atom stereocenters. The molecule has 0 aliphatic carbocycles. The smallest absolute Gasteiger partial charge is 0.321 e. The van der Waals surface area contributed by atoms with Gasteiger partial charge in [-0.3, -0.25) is 14.4 Å². The predicted octanol–water partition coefficient (Wildman–Crippen LogP) is 0.452. The lowest BCUT2D eigenvalue weighted by Crippen LogP contribution is -2.56. The van der Waals surface area contributed by atoms with Crippen LogP contribution in [0.1, 0.15) is 39.7 Å². The number of nitrogens with one attached hydrogen (secondary N) is 3. The highest BCUT2D eigenvalue weighted by Gasteiger charge is 2.41. The molecule has 2 rings (SSSR count). The molecular formula is C24H38N6O4. The molecule has 0 spiro atoms. The summed E-state index contributed by atoms with van der Waals surface area (Å²) in [5.74, 6) is -1.90. The Balaban J connectivity index is 2.28. The largest absolute Gasteiger partial charge is 0.480 e. The number of fused-ring (bicyclic) bond motifs is 1. The Hall–Kier alpha value is -2.95. The van der Waals surface area contributed by atoms with E-state index in [0.717, 1.165) is 16.5 Å². The second-order valence-corrected chi connectivity index (χ2v) is 10.1. The van der Waals surface area contributed by atoms with Crippen molar-refractivity contribution in [2.45, 2.75) is 58.7 Å². The Morgan fingerprint density at radius 3 is 2.26 bits per heavy atom. The number of H-pyrrole nitrogens is 1. The van der Waals surface area contributed by atoms with Gasteiger partial charge in [-0.05, 0) is 23.5 Å². The molecule has 0 saturated carbocycles. The standard InChI is InChI=1S/C24H38N6O4/c1-23(2,19(27)21(32)33)13-24(3,4)22(34)30-18(20(31)29-15(10-25)11-26)9-14-12-28-17-8-6-5-7-16(14)17/h5-8,12,15,18-19,28H,9-11,13,25-27H2,1-4H3,(H,29,31)(H,30,34)(H,32,33). The molecule has 0 radical (unpaired) electrons. The Kier molecular flexibility index (Phi) is 8.82. The number of aromatic amines is 1. The maximum Gasteiger partial charge on any atom is 0.321 e. The van der Waals surface area contributed by atoms with Gasteiger partial charge >= 0.3 is 5.97 Å². The van der Waals surface area contributed by atoms with E-state index in [2.05, 4.69) is 15.6 Å². The molecule has 0 bridgehead atoms. The molecule has 0 saturated heterocycles. The van der Waals surface area contributed by atoms with Crippen LogP contribution in [0.5, 0.6) is 0 Å². The molecule has 0 aliphatic rings. The number of nitrogens with two attached hydrogens (primary N) is 3. The van der Waals surface area contributed by atoms with Gasteiger partial charge in [-0.1, -0.05) is 45.9 Å². The number of carbonyl (C=O) groups is 3. The van der Waals surface area contributed by atoms with Crippen LogP contribution in [0.4, 0.5) is 0 Å². The van der Waals surface area contributed by atoms with E-state index < -0.39 is 40.8 Å². The summed E-state index contributed by atoms with van der Waals surface area (Å²) in [5, 5.41) is 16.0. The molecule has 2 aromatic rings. The number of hydrogen-bond donors (Lipinski definition) is 7. The maximum absolute atomic E-state index is 13.3. The topological polar surface area (TPSA) is 189 Å². The van der Waals surface area contributed by atoms with E-state index in [1.807, 2.05) is 30.5 Å². The van der Waals surface area contributed by atoms with E-state index >= 15 is 0 Å². The van der Waals surface area contributed by atoms with E-state index in [9.17, 15) is 19.5 Å². The van der Waals surface area contributed by atoms with Crippen molar-refractivity contribution in [3.05, 3.63) is 36.0 Å². The molecule has 0 fully saturated rings. The van der Waals surface area contributed by atoms with E-state index in [-0.39, 0.29) is 31.8 Å². The number of carboxylic acid groups (broad SMARTS) is 1. The average molecular weight is 475 g/mol. The zero-order chi connectivity index (χ0) is 25.7. The normalized spacial score (nSPS) is 14.1. The number of amides is 2. The van der Waals surface area contributed by atoms with Gasteiger partial charge in [-0.15, -0.1) is 0 Å². The summed E-state index contributed by atoms with van der Waals surface area (Å²) in [4.78, 5) is 41.1. The highest BCUT2D eigenvalue weighted by molar-refractivity contribution is 5.91. The highest BCUT2D eigenvalue weighted by atomic mass is 16.4. The van der Waals surface area contributed by atoms with Crippen LogP contribution in [0.3, 0.4) is 0 Å². The average Bonchev–Trinajstić information content (AvgIpc) is 3.18. The summed E-state index contributed by atoms with van der Waals surface area (Å²) in [5.41, 5.74) is 17.2. The van der Waals surface area contributed by atoms with Crippen LogP contribution in [0.25, 0.3) is 10.9 Å². The van der Waals surface area contributed by atoms with Crippen LogP contribution in [-0.4, -0.2) is 59.1 Å². The third-order valence-corrected chi connectivity index (χ3v) is 6.26. The number of rotatable bonds is 12. The minimum absolute atomic E-state index is 0.169. The summed E-state index contributed by atoms with van der Waals surface area (Å²) in [7, 11) is 0. The van der Waals surface area contributed by atoms with Crippen molar-refractivity contribution >= 4 is 28.7 Å². The van der Waals surface area contributed by atoms with Crippen molar-refractivity contribution in [3.8, 4) is 0 Å². The summed E-state index contributed by atoms with van der Waals surface area (Å²) in [6.07, 6.45) is 2.27. The van der Waals surface area contributed by atoms with Gasteiger partial charge in [0.25, 0.3) is 0 Å². The third-order valence-electron chi connectivity index (χ3n) is 6.26. The lowest BCUT2D eigenvalue weighted by molar-refractivity contribution is -0.143. The molecule has 188 valence electrons. The van der Waals surface area contributed by atoms with Crippen LogP contribution in [0.15, 0.2) is 30.5 Å². The quantitative estimate of drug-likeness (QED) is 0.232. The van der Waals surface area contributed by atoms with Crippen LogP contribution >= 0.6 is 0 Å². The van der Waals surface area contributed by atoms with Gasteiger partial charge in [0.2, 0.25) is 11.8 Å². The van der Waals surface area contributed by atoms with Gasteiger partial charge in [-0.25, -0.2) is 0 Å². The van der Waals surface area contributed by atoms with E-state index in [4.69, 9.17) is 17.2 Å². The van der Waals surface area contributed by atoms with Gasteiger partial charge < -0.3 is 37.9 Å². The monoisotopic (exact) mass is 474 g/mol. The lowest BCUT2D eigenvalue weighted by atomic mass is 9.70. The summed E-state index contributed by atoms with van der Waals surface area (Å²) < 4.78 is 0. The van der Waals surface area contributed by atoms with Crippen LogP contribution in [0.2, 0.25) is 0 Å². The number of carbonyl (C=O) groups excluding carboxylic acids is 2. The fourth-order valence-corrected chi connectivity index (χ4v) is 4.26. The van der Waals surface area contributed by atoms with Gasteiger partial charge in [0, 0.05) is 42.0 Å². The van der Waals surface area contributed by atoms with Crippen LogP contribution in [0, 0.1) is 10.8 Å². The SMILES string of the molecule is CC(C)(CC(C)(C)C(N)C(=O)O)C(=O)NC(Cc1c[nH]c2ccccc12)C(=O)NC(CN)CN. The Morgan fingerprint density at radius 1 is 1.06 bits per heavy atom. The van der Waals surface area contributed by atoms with Gasteiger partial charge in [0.1, 0.15) is 12.1 Å². The first-order valence-corrected chi connectivity index (χ1v) is 11.4. The van der Waals surface area contributed by atoms with Crippen LogP contribution < -0.4 is 27.8 Å².